The van der Waals surface area contributed by atoms with Crippen LogP contribution in [0.3, 0.4) is 0 Å². The molecular formula is C46H66OSi. The molecule has 0 radical (unpaired) electrons. The van der Waals surface area contributed by atoms with Crippen molar-refractivity contribution in [2.45, 2.75) is 151 Å². The van der Waals surface area contributed by atoms with E-state index in [0.29, 0.717) is 12.1 Å². The second-order valence-electron chi connectivity index (χ2n) is 19.6. The molecule has 0 N–H and O–H groups in total. The van der Waals surface area contributed by atoms with Gasteiger partial charge in [0.25, 0.3) is 0 Å². The van der Waals surface area contributed by atoms with E-state index in [1.807, 2.05) is 6.08 Å². The van der Waals surface area contributed by atoms with Crippen molar-refractivity contribution in [3.63, 3.8) is 0 Å². The number of hydrogen-bond acceptors (Lipinski definition) is 1. The van der Waals surface area contributed by atoms with Gasteiger partial charge in [-0.15, -0.1) is 0 Å². The third kappa shape index (κ3) is 6.18. The molecule has 0 fully saturated rings. The lowest BCUT2D eigenvalue weighted by Gasteiger charge is -2.43. The fourth-order valence-electron chi connectivity index (χ4n) is 9.09. The van der Waals surface area contributed by atoms with Gasteiger partial charge < -0.3 is 4.74 Å². The molecule has 0 aromatic heterocycles. The van der Waals surface area contributed by atoms with Gasteiger partial charge in [-0.25, -0.2) is 0 Å². The highest BCUT2D eigenvalue weighted by molar-refractivity contribution is 6.95. The van der Waals surface area contributed by atoms with E-state index in [2.05, 4.69) is 153 Å². The first kappa shape index (κ1) is 36.7. The Labute approximate surface area is 295 Å². The van der Waals surface area contributed by atoms with E-state index < -0.39 is 8.07 Å². The molecule has 0 saturated heterocycles. The molecule has 2 heteroatoms. The van der Waals surface area contributed by atoms with Gasteiger partial charge in [-0.2, -0.15) is 0 Å². The first-order chi connectivity index (χ1) is 22.0. The number of fused-ring (bicyclic) bond motifs is 3. The van der Waals surface area contributed by atoms with Gasteiger partial charge in [0, 0.05) is 11.0 Å². The van der Waals surface area contributed by atoms with Crippen LogP contribution in [-0.2, 0) is 16.2 Å². The smallest absolute Gasteiger partial charge is 0.122 e. The van der Waals surface area contributed by atoms with E-state index >= 15 is 0 Å². The van der Waals surface area contributed by atoms with E-state index in [1.54, 1.807) is 22.3 Å². The topological polar surface area (TPSA) is 9.23 Å². The molecule has 0 saturated carbocycles. The number of benzene rings is 2. The first-order valence-corrected chi connectivity index (χ1v) is 21.3. The number of ether oxygens (including phenoxy) is 1. The maximum Gasteiger partial charge on any atom is 0.122 e. The van der Waals surface area contributed by atoms with Crippen molar-refractivity contribution < 1.29 is 4.74 Å². The van der Waals surface area contributed by atoms with Gasteiger partial charge in [0.1, 0.15) is 20.4 Å². The quantitative estimate of drug-likeness (QED) is 0.212. The molecule has 260 valence electrons. The van der Waals surface area contributed by atoms with Crippen LogP contribution in [0.4, 0.5) is 0 Å². The van der Waals surface area contributed by atoms with E-state index in [4.69, 9.17) is 4.74 Å². The van der Waals surface area contributed by atoms with Gasteiger partial charge >= 0.3 is 0 Å². The zero-order valence-corrected chi connectivity index (χ0v) is 34.3. The van der Waals surface area contributed by atoms with Crippen molar-refractivity contribution in [3.8, 4) is 5.75 Å². The van der Waals surface area contributed by atoms with Crippen LogP contribution in [-0.4, -0.2) is 14.7 Å². The number of allylic oxidation sites excluding steroid dienone is 4. The maximum absolute atomic E-state index is 6.94. The largest absolute Gasteiger partial charge is 0.489 e. The lowest BCUT2D eigenvalue weighted by atomic mass is 9.72. The predicted molar refractivity (Wildman–Crippen MR) is 214 cm³/mol. The van der Waals surface area contributed by atoms with Crippen LogP contribution in [0.5, 0.6) is 5.75 Å². The number of rotatable bonds is 7. The minimum Gasteiger partial charge on any atom is -0.489 e. The van der Waals surface area contributed by atoms with Gasteiger partial charge in [0.15, 0.2) is 0 Å². The van der Waals surface area contributed by atoms with E-state index in [1.165, 1.54) is 38.7 Å². The van der Waals surface area contributed by atoms with Crippen molar-refractivity contribution in [2.75, 3.05) is 6.61 Å². The normalized spacial score (nSPS) is 20.4. The molecular weight excluding hydrogens is 597 g/mol. The van der Waals surface area contributed by atoms with Crippen LogP contribution in [0.2, 0.25) is 17.6 Å². The van der Waals surface area contributed by atoms with Crippen molar-refractivity contribution in [3.05, 3.63) is 92.9 Å². The zero-order valence-electron chi connectivity index (χ0n) is 33.3. The molecule has 0 heterocycles. The second-order valence-corrected chi connectivity index (χ2v) is 24.4. The minimum absolute atomic E-state index is 0.0207. The molecule has 2 aromatic carbocycles. The van der Waals surface area contributed by atoms with E-state index in [0.717, 1.165) is 24.3 Å². The van der Waals surface area contributed by atoms with Crippen molar-refractivity contribution in [1.29, 1.82) is 0 Å². The zero-order chi connectivity index (χ0) is 35.8. The van der Waals surface area contributed by atoms with Gasteiger partial charge in [-0.1, -0.05) is 171 Å². The molecule has 48 heavy (non-hydrogen) atoms. The Kier molecular flexibility index (Phi) is 9.20. The standard InChI is InChI=1S/C46H66OSi/c1-17-24-47-40-36(44(10,11)12)26-32(43(7,8)9)27-37(40)48(18-2,19-3)41-35-29-45(13,14)23-22-33(35)39-38(41)34-25-31(42(4,5)6)21-20-30(34)28-46(39,15)16/h17,20-21,25-29,41H,1,18-19,22-24H2,2-16H3. The summed E-state index contributed by atoms with van der Waals surface area (Å²) in [5, 5.41) is 4.42. The molecule has 0 bridgehead atoms. The highest BCUT2D eigenvalue weighted by Gasteiger charge is 2.54. The molecule has 5 rings (SSSR count). The second kappa shape index (κ2) is 12.0. The third-order valence-corrected chi connectivity index (χ3v) is 17.6. The van der Waals surface area contributed by atoms with Crippen LogP contribution in [0, 0.1) is 10.8 Å². The van der Waals surface area contributed by atoms with Crippen LogP contribution in [0.1, 0.15) is 133 Å². The Morgan fingerprint density at radius 1 is 0.833 bits per heavy atom. The first-order valence-electron chi connectivity index (χ1n) is 18.8. The summed E-state index contributed by atoms with van der Waals surface area (Å²) in [7, 11) is -2.39. The summed E-state index contributed by atoms with van der Waals surface area (Å²) in [5.74, 6) is 1.14. The predicted octanol–water partition coefficient (Wildman–Crippen LogP) is 10.9. The van der Waals surface area contributed by atoms with Crippen LogP contribution in [0.15, 0.2) is 65.8 Å². The lowest BCUT2D eigenvalue weighted by Crippen LogP contribution is -2.54. The molecule has 0 aliphatic heterocycles. The van der Waals surface area contributed by atoms with Gasteiger partial charge in [0.05, 0.1) is 0 Å². The average Bonchev–Trinajstić information content (AvgIpc) is 3.30. The molecule has 2 aromatic rings. The Bertz CT molecular complexity index is 1800. The van der Waals surface area contributed by atoms with Gasteiger partial charge in [0.2, 0.25) is 0 Å². The van der Waals surface area contributed by atoms with Crippen LogP contribution in [0.25, 0.3) is 11.6 Å². The summed E-state index contributed by atoms with van der Waals surface area (Å²) >= 11 is 0. The minimum atomic E-state index is -2.39. The molecule has 1 atom stereocenters. The van der Waals surface area contributed by atoms with Crippen molar-refractivity contribution >= 4 is 24.9 Å². The summed E-state index contributed by atoms with van der Waals surface area (Å²) in [6.07, 6.45) is 9.60. The SMILES string of the molecule is C=CCOc1c(C(C)(C)C)cc(C(C)(C)C)cc1[Si](CC)(CC)C1C2=CC(C)(C)CCC2=C2C1=c1cc(C(C)(C)C)ccc1=CC2(C)C. The monoisotopic (exact) mass is 662 g/mol. The maximum atomic E-state index is 6.94. The number of hydrogen-bond donors (Lipinski definition) is 0. The average molecular weight is 663 g/mol. The Balaban J connectivity index is 2.02. The van der Waals surface area contributed by atoms with Crippen LogP contribution >= 0.6 is 0 Å². The molecule has 1 nitrogen and oxygen atoms in total. The molecule has 1 unspecified atom stereocenters. The molecule has 0 amide bonds. The Hall–Kier alpha value is -2.58. The van der Waals surface area contributed by atoms with Crippen LogP contribution < -0.4 is 20.4 Å². The van der Waals surface area contributed by atoms with Crippen molar-refractivity contribution in [1.82, 2.24) is 0 Å². The van der Waals surface area contributed by atoms with E-state index in [-0.39, 0.29) is 27.1 Å². The highest BCUT2D eigenvalue weighted by atomic mass is 28.3. The lowest BCUT2D eigenvalue weighted by molar-refractivity contribution is 0.353. The fraction of sp³-hybridized carbons (Fsp3) is 0.565. The Morgan fingerprint density at radius 2 is 1.46 bits per heavy atom. The molecule has 3 aliphatic rings. The summed E-state index contributed by atoms with van der Waals surface area (Å²) in [6, 6.07) is 14.8. The van der Waals surface area contributed by atoms with Crippen molar-refractivity contribution in [2.24, 2.45) is 10.8 Å². The van der Waals surface area contributed by atoms with Gasteiger partial charge in [-0.05, 0) is 89.1 Å². The fourth-order valence-corrected chi connectivity index (χ4v) is 14.3. The summed E-state index contributed by atoms with van der Waals surface area (Å²) < 4.78 is 6.94. The highest BCUT2D eigenvalue weighted by Crippen LogP contribution is 2.62. The summed E-state index contributed by atoms with van der Waals surface area (Å²) in [5.41, 5.74) is 11.3. The molecule has 0 spiro atoms. The molecule has 3 aliphatic carbocycles. The Morgan fingerprint density at radius 3 is 2.00 bits per heavy atom. The summed E-state index contributed by atoms with van der Waals surface area (Å²) in [4.78, 5) is 0. The van der Waals surface area contributed by atoms with Gasteiger partial charge in [-0.3, -0.25) is 0 Å². The third-order valence-electron chi connectivity index (χ3n) is 11.9. The summed E-state index contributed by atoms with van der Waals surface area (Å²) in [6.45, 7) is 40.8. The van der Waals surface area contributed by atoms with E-state index in [9.17, 15) is 0 Å².